The van der Waals surface area contributed by atoms with Crippen LogP contribution in [0.4, 0.5) is 0 Å². The van der Waals surface area contributed by atoms with Crippen molar-refractivity contribution >= 4 is 30.7 Å². The van der Waals surface area contributed by atoms with Crippen LogP contribution >= 0.6 is 0 Å². The van der Waals surface area contributed by atoms with Crippen molar-refractivity contribution in [1.29, 1.82) is 0 Å². The van der Waals surface area contributed by atoms with Gasteiger partial charge in [0, 0.05) is 13.1 Å². The summed E-state index contributed by atoms with van der Waals surface area (Å²) in [5, 5.41) is 9.42. The number of carboxylic acids is 1. The number of nitrogens with two attached hydrogens (primary N) is 1. The van der Waals surface area contributed by atoms with Crippen molar-refractivity contribution in [2.45, 2.75) is 25.8 Å². The second-order valence-electron chi connectivity index (χ2n) is 5.35. The number of carbonyl (C=O) groups excluding carboxylic acids is 1. The minimum atomic E-state index is -1.62. The zero-order chi connectivity index (χ0) is 14.5. The number of hydrogen-bond donors (Lipinski definition) is 2. The third-order valence-electron chi connectivity index (χ3n) is 3.00. The van der Waals surface area contributed by atoms with E-state index in [0.29, 0.717) is 13.1 Å². The third kappa shape index (κ3) is 5.53. The number of primary amides is 1. The Balaban J connectivity index is 0. The van der Waals surface area contributed by atoms with Crippen LogP contribution in [0.1, 0.15) is 20.3 Å². The Hall–Kier alpha value is -0.543. The van der Waals surface area contributed by atoms with Gasteiger partial charge in [-0.15, -0.1) is 0 Å². The van der Waals surface area contributed by atoms with Crippen molar-refractivity contribution in [2.24, 2.45) is 11.7 Å². The second-order valence-corrected chi connectivity index (χ2v) is 5.35. The molecule has 0 spiro atoms. The molecule has 19 heavy (non-hydrogen) atoms. The third-order valence-corrected chi connectivity index (χ3v) is 3.00. The molecule has 0 fully saturated rings. The molecular weight excluding hydrogens is 241 g/mol. The van der Waals surface area contributed by atoms with Gasteiger partial charge in [-0.05, 0) is 33.5 Å². The Labute approximate surface area is 127 Å². The van der Waals surface area contributed by atoms with Crippen molar-refractivity contribution in [3.05, 3.63) is 0 Å². The number of hydrogen-bond acceptors (Lipinski definition) is 4. The van der Waals surface area contributed by atoms with Crippen molar-refractivity contribution < 1.29 is 14.7 Å². The summed E-state index contributed by atoms with van der Waals surface area (Å²) in [6, 6.07) is 0. The summed E-state index contributed by atoms with van der Waals surface area (Å²) >= 11 is 0. The Morgan fingerprint density at radius 3 is 1.95 bits per heavy atom. The van der Waals surface area contributed by atoms with E-state index in [-0.39, 0.29) is 31.2 Å². The van der Waals surface area contributed by atoms with Crippen LogP contribution in [0, 0.1) is 5.92 Å². The first-order chi connectivity index (χ1) is 8.14. The molecule has 0 saturated heterocycles. The molecule has 0 aromatic carbocycles. The summed E-state index contributed by atoms with van der Waals surface area (Å²) in [7, 11) is 5.41. The van der Waals surface area contributed by atoms with Crippen LogP contribution in [-0.2, 0) is 9.59 Å². The molecule has 0 rings (SSSR count). The molecule has 7 heteroatoms. The van der Waals surface area contributed by atoms with E-state index < -0.39 is 17.4 Å². The Bertz CT molecular complexity index is 295. The molecule has 1 atom stereocenters. The van der Waals surface area contributed by atoms with Crippen molar-refractivity contribution in [2.75, 3.05) is 34.2 Å². The van der Waals surface area contributed by atoms with E-state index in [9.17, 15) is 14.7 Å². The van der Waals surface area contributed by atoms with Crippen molar-refractivity contribution in [3.63, 3.8) is 0 Å². The molecule has 3 N–H and O–H groups in total. The predicted octanol–water partition coefficient (Wildman–Crippen LogP) is -0.814. The van der Waals surface area contributed by atoms with Crippen molar-refractivity contribution in [1.82, 2.24) is 9.80 Å². The number of aliphatic carboxylic acids is 1. The van der Waals surface area contributed by atoms with Gasteiger partial charge in [0.2, 0.25) is 5.91 Å². The molecule has 0 bridgehead atoms. The summed E-state index contributed by atoms with van der Waals surface area (Å²) in [5.41, 5.74) is 3.73. The topological polar surface area (TPSA) is 86.9 Å². The average molecular weight is 267 g/mol. The fourth-order valence-electron chi connectivity index (χ4n) is 1.93. The fraction of sp³-hybridized carbons (Fsp3) is 0.833. The molecule has 108 valence electrons. The zero-order valence-electron chi connectivity index (χ0n) is 11.9. The summed E-state index contributed by atoms with van der Waals surface area (Å²) in [6.45, 7) is 4.88. The fourth-order valence-corrected chi connectivity index (χ4v) is 1.93. The van der Waals surface area contributed by atoms with Crippen LogP contribution in [-0.4, -0.2) is 85.4 Å². The number of amides is 1. The average Bonchev–Trinajstić information content (AvgIpc) is 2.20. The van der Waals surface area contributed by atoms with Crippen LogP contribution in [0.25, 0.3) is 0 Å². The Morgan fingerprint density at radius 1 is 1.21 bits per heavy atom. The van der Waals surface area contributed by atoms with Gasteiger partial charge in [-0.2, -0.15) is 0 Å². The maximum atomic E-state index is 11.7. The molecule has 0 aromatic rings. The molecule has 6 nitrogen and oxygen atoms in total. The number of rotatable bonds is 8. The molecule has 1 amide bonds. The summed E-state index contributed by atoms with van der Waals surface area (Å²) < 4.78 is 0. The molecule has 0 aliphatic rings. The normalized spacial score (nSPS) is 14.3. The zero-order valence-corrected chi connectivity index (χ0v) is 11.9. The van der Waals surface area contributed by atoms with Gasteiger partial charge in [-0.1, -0.05) is 13.8 Å². The first kappa shape index (κ1) is 20.8. The quantitative estimate of drug-likeness (QED) is 0.443. The van der Waals surface area contributed by atoms with Gasteiger partial charge >= 0.3 is 24.8 Å². The second kappa shape index (κ2) is 8.59. The van der Waals surface area contributed by atoms with Gasteiger partial charge in [0.1, 0.15) is 0 Å². The van der Waals surface area contributed by atoms with E-state index in [2.05, 4.69) is 0 Å². The van der Waals surface area contributed by atoms with Gasteiger partial charge in [0.15, 0.2) is 5.54 Å². The SMILES string of the molecule is CC(C)CC(C(N)=O)(C(=O)O)N(C)CCN(C)C.[LiH]. The summed E-state index contributed by atoms with van der Waals surface area (Å²) in [5.74, 6) is -1.91. The molecule has 0 radical (unpaired) electrons. The predicted molar refractivity (Wildman–Crippen MR) is 77.3 cm³/mol. The van der Waals surface area contributed by atoms with Crippen LogP contribution < -0.4 is 5.73 Å². The Kier molecular flexibility index (Phi) is 9.39. The monoisotopic (exact) mass is 267 g/mol. The van der Waals surface area contributed by atoms with Gasteiger partial charge in [-0.25, -0.2) is 4.79 Å². The van der Waals surface area contributed by atoms with Crippen molar-refractivity contribution in [3.8, 4) is 0 Å². The van der Waals surface area contributed by atoms with E-state index in [4.69, 9.17) is 5.73 Å². The number of likely N-dealkylation sites (N-methyl/N-ethyl adjacent to an activating group) is 2. The molecule has 0 aromatic heterocycles. The first-order valence-corrected chi connectivity index (χ1v) is 6.03. The van der Waals surface area contributed by atoms with E-state index >= 15 is 0 Å². The van der Waals surface area contributed by atoms with E-state index in [1.807, 2.05) is 32.8 Å². The van der Waals surface area contributed by atoms with Gasteiger partial charge in [0.25, 0.3) is 0 Å². The van der Waals surface area contributed by atoms with E-state index in [1.165, 1.54) is 4.90 Å². The molecule has 1 unspecified atom stereocenters. The van der Waals surface area contributed by atoms with Gasteiger partial charge < -0.3 is 15.7 Å². The Morgan fingerprint density at radius 2 is 1.68 bits per heavy atom. The summed E-state index contributed by atoms with van der Waals surface area (Å²) in [6.07, 6.45) is 0.210. The van der Waals surface area contributed by atoms with Crippen LogP contribution in [0.15, 0.2) is 0 Å². The van der Waals surface area contributed by atoms with Crippen LogP contribution in [0.3, 0.4) is 0 Å². The maximum absolute atomic E-state index is 11.7. The van der Waals surface area contributed by atoms with Crippen LogP contribution in [0.5, 0.6) is 0 Å². The molecular formula is C12H26LiN3O3. The minimum absolute atomic E-state index is 0. The molecule has 0 saturated carbocycles. The number of carbonyl (C=O) groups is 2. The summed E-state index contributed by atoms with van der Waals surface area (Å²) in [4.78, 5) is 26.7. The van der Waals surface area contributed by atoms with Gasteiger partial charge in [-0.3, -0.25) is 9.69 Å². The van der Waals surface area contributed by atoms with Crippen LogP contribution in [0.2, 0.25) is 0 Å². The van der Waals surface area contributed by atoms with E-state index in [1.54, 1.807) is 7.05 Å². The number of carboxylic acid groups (broad SMARTS) is 1. The number of nitrogens with zero attached hydrogens (tertiary/aromatic N) is 2. The van der Waals surface area contributed by atoms with Gasteiger partial charge in [0.05, 0.1) is 0 Å². The molecule has 0 heterocycles. The standard InChI is InChI=1S/C12H25N3O3.Li.H/c1-9(2)8-12(10(13)16,11(17)18)15(5)7-6-14(3)4;;/h9H,6-8H2,1-5H3,(H2,13,16)(H,17,18);;. The van der Waals surface area contributed by atoms with E-state index in [0.717, 1.165) is 0 Å². The molecule has 0 aliphatic carbocycles. The first-order valence-electron chi connectivity index (χ1n) is 6.03. The molecule has 0 aliphatic heterocycles.